The number of aliphatic hydroxyl groups excluding tert-OH is 1. The normalized spacial score (nSPS) is 18.3. The molecular weight excluding hydrogens is 441 g/mol. The Hall–Kier alpha value is -3.37. The number of nitrogens with one attached hydrogen (secondary N) is 2. The summed E-state index contributed by atoms with van der Waals surface area (Å²) in [6.45, 7) is 6.28. The molecule has 4 rings (SSSR count). The van der Waals surface area contributed by atoms with Gasteiger partial charge in [-0.1, -0.05) is 6.07 Å². The number of ether oxygens (including phenoxy) is 1. The van der Waals surface area contributed by atoms with Crippen LogP contribution in [0.4, 0.5) is 10.3 Å². The Morgan fingerprint density at radius 1 is 1.35 bits per heavy atom. The van der Waals surface area contributed by atoms with Crippen molar-refractivity contribution in [1.82, 2.24) is 19.9 Å². The highest BCUT2D eigenvalue weighted by Crippen LogP contribution is 2.27. The number of carbonyl (C=O) groups is 1. The monoisotopic (exact) mass is 469 g/mol. The molecule has 0 radical (unpaired) electrons. The summed E-state index contributed by atoms with van der Waals surface area (Å²) in [4.78, 5) is 32.6. The number of amides is 1. The summed E-state index contributed by atoms with van der Waals surface area (Å²) in [5, 5.41) is 16.4. The predicted octanol–water partition coefficient (Wildman–Crippen LogP) is 2.38. The van der Waals surface area contributed by atoms with Gasteiger partial charge in [-0.3, -0.25) is 9.59 Å². The molecule has 3 aromatic rings. The number of rotatable bonds is 6. The molecule has 0 bridgehead atoms. The summed E-state index contributed by atoms with van der Waals surface area (Å²) in [6, 6.07) is 6.23. The van der Waals surface area contributed by atoms with E-state index in [1.165, 1.54) is 13.0 Å². The van der Waals surface area contributed by atoms with E-state index in [1.54, 1.807) is 18.2 Å². The number of fused-ring (bicyclic) bond motifs is 1. The molecular formula is C24H28FN5O4. The predicted molar refractivity (Wildman–Crippen MR) is 126 cm³/mol. The lowest BCUT2D eigenvalue weighted by Gasteiger charge is -2.28. The number of nitrogens with zero attached hydrogens (tertiary/aromatic N) is 3. The molecule has 1 saturated heterocycles. The Balaban J connectivity index is 1.78. The molecule has 1 amide bonds. The molecule has 10 heteroatoms. The van der Waals surface area contributed by atoms with Crippen molar-refractivity contribution in [2.75, 3.05) is 18.5 Å². The molecule has 3 heterocycles. The number of hydrogen-bond acceptors (Lipinski definition) is 7. The van der Waals surface area contributed by atoms with Crippen LogP contribution >= 0.6 is 0 Å². The van der Waals surface area contributed by atoms with Crippen LogP contribution < -0.4 is 16.1 Å². The van der Waals surface area contributed by atoms with E-state index in [1.807, 2.05) is 18.4 Å². The highest BCUT2D eigenvalue weighted by Gasteiger charge is 2.25. The van der Waals surface area contributed by atoms with Gasteiger partial charge >= 0.3 is 0 Å². The van der Waals surface area contributed by atoms with Crippen LogP contribution in [-0.2, 0) is 16.1 Å². The average molecular weight is 470 g/mol. The molecule has 1 aliphatic rings. The summed E-state index contributed by atoms with van der Waals surface area (Å²) in [7, 11) is 0. The van der Waals surface area contributed by atoms with E-state index in [0.29, 0.717) is 35.2 Å². The summed E-state index contributed by atoms with van der Waals surface area (Å²) < 4.78 is 22.0. The van der Waals surface area contributed by atoms with Crippen LogP contribution in [0.15, 0.2) is 35.3 Å². The van der Waals surface area contributed by atoms with Crippen LogP contribution in [0, 0.1) is 5.82 Å². The third kappa shape index (κ3) is 4.92. The fourth-order valence-corrected chi connectivity index (χ4v) is 4.20. The number of aliphatic hydroxyl groups is 1. The third-order valence-electron chi connectivity index (χ3n) is 5.82. The maximum Gasteiger partial charge on any atom is 0.223 e. The van der Waals surface area contributed by atoms with Crippen LogP contribution in [0.2, 0.25) is 0 Å². The first-order valence-corrected chi connectivity index (χ1v) is 11.2. The molecule has 3 N–H and O–H groups in total. The molecule has 1 aliphatic heterocycles. The number of anilines is 1. The number of hydrogen-bond donors (Lipinski definition) is 3. The van der Waals surface area contributed by atoms with Crippen molar-refractivity contribution >= 4 is 22.8 Å². The lowest BCUT2D eigenvalue weighted by atomic mass is 10.1. The molecule has 2 aromatic heterocycles. The topological polar surface area (TPSA) is 118 Å². The molecule has 0 unspecified atom stereocenters. The molecule has 34 heavy (non-hydrogen) atoms. The Morgan fingerprint density at radius 3 is 2.85 bits per heavy atom. The van der Waals surface area contributed by atoms with Crippen LogP contribution in [0.3, 0.4) is 0 Å². The van der Waals surface area contributed by atoms with Gasteiger partial charge < -0.3 is 25.0 Å². The van der Waals surface area contributed by atoms with E-state index < -0.39 is 11.9 Å². The zero-order valence-electron chi connectivity index (χ0n) is 19.3. The van der Waals surface area contributed by atoms with Gasteiger partial charge in [-0.05, 0) is 32.4 Å². The van der Waals surface area contributed by atoms with Gasteiger partial charge in [0.1, 0.15) is 5.69 Å². The van der Waals surface area contributed by atoms with Gasteiger partial charge in [-0.15, -0.1) is 0 Å². The van der Waals surface area contributed by atoms with Gasteiger partial charge in [0.25, 0.3) is 0 Å². The van der Waals surface area contributed by atoms with E-state index >= 15 is 0 Å². The maximum atomic E-state index is 14.8. The van der Waals surface area contributed by atoms with Crippen LogP contribution in [0.5, 0.6) is 0 Å². The highest BCUT2D eigenvalue weighted by atomic mass is 19.1. The quantitative estimate of drug-likeness (QED) is 0.507. The standard InChI is InChI=1S/C24H28FN5O4/c1-13(2)30-16(10-26-14(3)31)9-21(32)17-5-4-15(8-20(17)30)23-18(25)11-27-24(29-23)28-19-6-7-34-12-22(19)33/h4-5,8-9,11,13,19,22,33H,6-7,10,12H2,1-3H3,(H,26,31)(H,27,28,29)/t19-,22-/m1/s1. The molecule has 1 fully saturated rings. The zero-order chi connectivity index (χ0) is 24.4. The van der Waals surface area contributed by atoms with Crippen molar-refractivity contribution in [2.24, 2.45) is 0 Å². The van der Waals surface area contributed by atoms with Gasteiger partial charge in [0.2, 0.25) is 11.9 Å². The minimum absolute atomic E-state index is 0.0235. The number of carbonyl (C=O) groups excluding carboxylic acids is 1. The molecule has 9 nitrogen and oxygen atoms in total. The van der Waals surface area contributed by atoms with Crippen LogP contribution in [0.1, 0.15) is 38.9 Å². The molecule has 0 spiro atoms. The Morgan fingerprint density at radius 2 is 2.15 bits per heavy atom. The minimum Gasteiger partial charge on any atom is -0.389 e. The van der Waals surface area contributed by atoms with E-state index in [9.17, 15) is 19.1 Å². The first kappa shape index (κ1) is 23.8. The lowest BCUT2D eigenvalue weighted by molar-refractivity contribution is -0.119. The summed E-state index contributed by atoms with van der Waals surface area (Å²) >= 11 is 0. The van der Waals surface area contributed by atoms with Gasteiger partial charge in [-0.2, -0.15) is 0 Å². The van der Waals surface area contributed by atoms with E-state index in [4.69, 9.17) is 4.74 Å². The van der Waals surface area contributed by atoms with Crippen molar-refractivity contribution < 1.29 is 19.0 Å². The maximum absolute atomic E-state index is 14.8. The van der Waals surface area contributed by atoms with Crippen LogP contribution in [0.25, 0.3) is 22.2 Å². The second-order valence-corrected chi connectivity index (χ2v) is 8.68. The van der Waals surface area contributed by atoms with Crippen molar-refractivity contribution in [3.05, 3.63) is 52.2 Å². The van der Waals surface area contributed by atoms with Crippen molar-refractivity contribution in [1.29, 1.82) is 0 Å². The van der Waals surface area contributed by atoms with Gasteiger partial charge in [-0.25, -0.2) is 14.4 Å². The smallest absolute Gasteiger partial charge is 0.223 e. The lowest BCUT2D eigenvalue weighted by Crippen LogP contribution is -2.42. The second kappa shape index (κ2) is 9.86. The van der Waals surface area contributed by atoms with Crippen LogP contribution in [-0.4, -0.2) is 50.9 Å². The number of halogens is 1. The zero-order valence-corrected chi connectivity index (χ0v) is 19.3. The van der Waals surface area contributed by atoms with E-state index in [2.05, 4.69) is 20.6 Å². The third-order valence-corrected chi connectivity index (χ3v) is 5.82. The van der Waals surface area contributed by atoms with Crippen molar-refractivity contribution in [2.45, 2.75) is 51.9 Å². The Kier molecular flexibility index (Phi) is 6.90. The molecule has 0 saturated carbocycles. The number of pyridine rings is 1. The SMILES string of the molecule is CC(=O)NCc1cc(=O)c2ccc(-c3nc(N[C@@H]4CCOC[C@H]4O)ncc3F)cc2n1C(C)C. The van der Waals surface area contributed by atoms with Gasteiger partial charge in [0, 0.05) is 42.3 Å². The highest BCUT2D eigenvalue weighted by molar-refractivity contribution is 5.84. The summed E-state index contributed by atoms with van der Waals surface area (Å²) in [5.41, 5.74) is 1.65. The second-order valence-electron chi connectivity index (χ2n) is 8.68. The van der Waals surface area contributed by atoms with E-state index in [-0.39, 0.29) is 48.2 Å². The van der Waals surface area contributed by atoms with E-state index in [0.717, 1.165) is 6.20 Å². The fraction of sp³-hybridized carbons (Fsp3) is 0.417. The molecule has 2 atom stereocenters. The summed E-state index contributed by atoms with van der Waals surface area (Å²) in [5.74, 6) is -0.609. The number of aromatic nitrogens is 3. The molecule has 1 aromatic carbocycles. The largest absolute Gasteiger partial charge is 0.389 e. The minimum atomic E-state index is -0.714. The molecule has 180 valence electrons. The first-order chi connectivity index (χ1) is 16.2. The Bertz CT molecular complexity index is 1280. The first-order valence-electron chi connectivity index (χ1n) is 11.2. The summed E-state index contributed by atoms with van der Waals surface area (Å²) in [6.07, 6.45) is 0.947. The van der Waals surface area contributed by atoms with Gasteiger partial charge in [0.15, 0.2) is 11.2 Å². The fourth-order valence-electron chi connectivity index (χ4n) is 4.20. The van der Waals surface area contributed by atoms with Gasteiger partial charge in [0.05, 0.1) is 37.0 Å². The molecule has 0 aliphatic carbocycles. The van der Waals surface area contributed by atoms with Crippen molar-refractivity contribution in [3.63, 3.8) is 0 Å². The Labute approximate surface area is 196 Å². The van der Waals surface area contributed by atoms with Crippen molar-refractivity contribution in [3.8, 4) is 11.3 Å². The average Bonchev–Trinajstić information content (AvgIpc) is 2.79. The number of benzene rings is 1.